The van der Waals surface area contributed by atoms with Crippen molar-refractivity contribution in [1.29, 1.82) is 0 Å². The SMILES string of the molecule is CC(NC(=O)CC1C=CCC1)c1ccc(S(=O)(=O)N(C)C)cc1. The number of amides is 1. The van der Waals surface area contributed by atoms with Gasteiger partial charge in [0.2, 0.25) is 15.9 Å². The van der Waals surface area contributed by atoms with E-state index >= 15 is 0 Å². The number of hydrogen-bond donors (Lipinski definition) is 1. The molecule has 1 aliphatic carbocycles. The van der Waals surface area contributed by atoms with Crippen LogP contribution >= 0.6 is 0 Å². The van der Waals surface area contributed by atoms with Crippen molar-refractivity contribution in [2.24, 2.45) is 5.92 Å². The van der Waals surface area contributed by atoms with Gasteiger partial charge in [0.25, 0.3) is 0 Å². The molecule has 2 atom stereocenters. The molecule has 5 nitrogen and oxygen atoms in total. The number of nitrogens with one attached hydrogen (secondary N) is 1. The number of carbonyl (C=O) groups excluding carboxylic acids is 1. The Balaban J connectivity index is 1.98. The molecular weight excluding hydrogens is 312 g/mol. The Morgan fingerprint density at radius 1 is 1.30 bits per heavy atom. The van der Waals surface area contributed by atoms with Crippen molar-refractivity contribution in [3.8, 4) is 0 Å². The summed E-state index contributed by atoms with van der Waals surface area (Å²) in [4.78, 5) is 12.3. The molecule has 2 rings (SSSR count). The average Bonchev–Trinajstić information content (AvgIpc) is 2.99. The number of benzene rings is 1. The molecule has 0 saturated carbocycles. The quantitative estimate of drug-likeness (QED) is 0.812. The molecule has 0 saturated heterocycles. The fraction of sp³-hybridized carbons (Fsp3) is 0.471. The molecule has 0 spiro atoms. The second-order valence-corrected chi connectivity index (χ2v) is 8.27. The third-order valence-corrected chi connectivity index (χ3v) is 5.93. The molecule has 126 valence electrons. The van der Waals surface area contributed by atoms with Crippen LogP contribution in [-0.4, -0.2) is 32.7 Å². The van der Waals surface area contributed by atoms with Crippen LogP contribution in [-0.2, 0) is 14.8 Å². The number of rotatable bonds is 6. The summed E-state index contributed by atoms with van der Waals surface area (Å²) >= 11 is 0. The lowest BCUT2D eigenvalue weighted by Gasteiger charge is -2.17. The van der Waals surface area contributed by atoms with E-state index in [2.05, 4.69) is 17.5 Å². The van der Waals surface area contributed by atoms with E-state index in [4.69, 9.17) is 0 Å². The smallest absolute Gasteiger partial charge is 0.242 e. The van der Waals surface area contributed by atoms with Gasteiger partial charge in [-0.25, -0.2) is 12.7 Å². The first-order chi connectivity index (χ1) is 10.8. The summed E-state index contributed by atoms with van der Waals surface area (Å²) in [7, 11) is -0.413. The Morgan fingerprint density at radius 2 is 1.96 bits per heavy atom. The maximum atomic E-state index is 12.1. The van der Waals surface area contributed by atoms with Crippen LogP contribution < -0.4 is 5.32 Å². The van der Waals surface area contributed by atoms with Crippen LogP contribution in [0, 0.1) is 5.92 Å². The van der Waals surface area contributed by atoms with Gasteiger partial charge in [0.05, 0.1) is 10.9 Å². The first-order valence-electron chi connectivity index (χ1n) is 7.79. The van der Waals surface area contributed by atoms with Gasteiger partial charge in [-0.3, -0.25) is 4.79 Å². The number of carbonyl (C=O) groups is 1. The van der Waals surface area contributed by atoms with E-state index in [-0.39, 0.29) is 16.8 Å². The average molecular weight is 336 g/mol. The molecule has 1 amide bonds. The second-order valence-electron chi connectivity index (χ2n) is 6.12. The fourth-order valence-electron chi connectivity index (χ4n) is 2.63. The Morgan fingerprint density at radius 3 is 2.48 bits per heavy atom. The van der Waals surface area contributed by atoms with Crippen LogP contribution in [0.15, 0.2) is 41.3 Å². The highest BCUT2D eigenvalue weighted by molar-refractivity contribution is 7.89. The molecular formula is C17H24N2O3S. The van der Waals surface area contributed by atoms with Crippen LogP contribution in [0.2, 0.25) is 0 Å². The predicted molar refractivity (Wildman–Crippen MR) is 90.4 cm³/mol. The predicted octanol–water partition coefficient (Wildman–Crippen LogP) is 2.47. The molecule has 0 fully saturated rings. The molecule has 1 aromatic carbocycles. The molecule has 0 heterocycles. The molecule has 0 radical (unpaired) electrons. The first-order valence-corrected chi connectivity index (χ1v) is 9.23. The number of sulfonamides is 1. The lowest BCUT2D eigenvalue weighted by molar-refractivity contribution is -0.122. The molecule has 0 aliphatic heterocycles. The molecule has 0 bridgehead atoms. The third kappa shape index (κ3) is 4.42. The highest BCUT2D eigenvalue weighted by Gasteiger charge is 2.19. The Kier molecular flexibility index (Phi) is 5.59. The molecule has 23 heavy (non-hydrogen) atoms. The maximum absolute atomic E-state index is 12.1. The zero-order valence-corrected chi connectivity index (χ0v) is 14.6. The monoisotopic (exact) mass is 336 g/mol. The standard InChI is InChI=1S/C17H24N2O3S/c1-13(18-17(20)12-14-6-4-5-7-14)15-8-10-16(11-9-15)23(21,22)19(2)3/h4,6,8-11,13-14H,5,7,12H2,1-3H3,(H,18,20). The van der Waals surface area contributed by atoms with E-state index in [1.165, 1.54) is 18.4 Å². The lowest BCUT2D eigenvalue weighted by Crippen LogP contribution is -2.28. The number of hydrogen-bond acceptors (Lipinski definition) is 3. The van der Waals surface area contributed by atoms with Crippen molar-refractivity contribution >= 4 is 15.9 Å². The summed E-state index contributed by atoms with van der Waals surface area (Å²) in [6, 6.07) is 6.50. The summed E-state index contributed by atoms with van der Waals surface area (Å²) in [5.41, 5.74) is 0.887. The van der Waals surface area contributed by atoms with E-state index in [0.29, 0.717) is 12.3 Å². The Bertz CT molecular complexity index is 678. The van der Waals surface area contributed by atoms with Gasteiger partial charge in [-0.05, 0) is 43.4 Å². The van der Waals surface area contributed by atoms with Crippen LogP contribution in [0.5, 0.6) is 0 Å². The topological polar surface area (TPSA) is 66.5 Å². The lowest BCUT2D eigenvalue weighted by atomic mass is 10.0. The van der Waals surface area contributed by atoms with Gasteiger partial charge in [0, 0.05) is 20.5 Å². The van der Waals surface area contributed by atoms with Crippen molar-refractivity contribution in [2.45, 2.75) is 37.1 Å². The van der Waals surface area contributed by atoms with E-state index in [9.17, 15) is 13.2 Å². The fourth-order valence-corrected chi connectivity index (χ4v) is 3.53. The second kappa shape index (κ2) is 7.27. The zero-order chi connectivity index (χ0) is 17.0. The number of allylic oxidation sites excluding steroid dienone is 2. The molecule has 1 N–H and O–H groups in total. The maximum Gasteiger partial charge on any atom is 0.242 e. The highest BCUT2D eigenvalue weighted by atomic mass is 32.2. The zero-order valence-electron chi connectivity index (χ0n) is 13.8. The van der Waals surface area contributed by atoms with Crippen molar-refractivity contribution in [2.75, 3.05) is 14.1 Å². The summed E-state index contributed by atoms with van der Waals surface area (Å²) in [5.74, 6) is 0.369. The van der Waals surface area contributed by atoms with Gasteiger partial charge < -0.3 is 5.32 Å². The van der Waals surface area contributed by atoms with Crippen LogP contribution in [0.3, 0.4) is 0 Å². The van der Waals surface area contributed by atoms with E-state index < -0.39 is 10.0 Å². The van der Waals surface area contributed by atoms with Gasteiger partial charge in [0.15, 0.2) is 0 Å². The van der Waals surface area contributed by atoms with Gasteiger partial charge in [-0.1, -0.05) is 24.3 Å². The van der Waals surface area contributed by atoms with Crippen molar-refractivity contribution in [3.63, 3.8) is 0 Å². The van der Waals surface area contributed by atoms with Gasteiger partial charge in [0.1, 0.15) is 0 Å². The minimum absolute atomic E-state index is 0.0269. The molecule has 1 aromatic rings. The normalized spacial score (nSPS) is 19.0. The summed E-state index contributed by atoms with van der Waals surface area (Å²) in [6.07, 6.45) is 6.82. The van der Waals surface area contributed by atoms with Crippen LogP contribution in [0.1, 0.15) is 37.8 Å². The molecule has 0 aromatic heterocycles. The van der Waals surface area contributed by atoms with E-state index in [1.54, 1.807) is 24.3 Å². The summed E-state index contributed by atoms with van der Waals surface area (Å²) in [6.45, 7) is 1.90. The van der Waals surface area contributed by atoms with Gasteiger partial charge in [-0.2, -0.15) is 0 Å². The van der Waals surface area contributed by atoms with E-state index in [1.807, 2.05) is 6.92 Å². The highest BCUT2D eigenvalue weighted by Crippen LogP contribution is 2.22. The Labute approximate surface area is 138 Å². The van der Waals surface area contributed by atoms with Crippen molar-refractivity contribution in [3.05, 3.63) is 42.0 Å². The van der Waals surface area contributed by atoms with Gasteiger partial charge in [-0.15, -0.1) is 0 Å². The first kappa shape index (κ1) is 17.7. The van der Waals surface area contributed by atoms with E-state index in [0.717, 1.165) is 18.4 Å². The summed E-state index contributed by atoms with van der Waals surface area (Å²) < 4.78 is 25.3. The Hall–Kier alpha value is -1.66. The van der Waals surface area contributed by atoms with Gasteiger partial charge >= 0.3 is 0 Å². The largest absolute Gasteiger partial charge is 0.350 e. The molecule has 2 unspecified atom stereocenters. The van der Waals surface area contributed by atoms with Crippen LogP contribution in [0.25, 0.3) is 0 Å². The van der Waals surface area contributed by atoms with Crippen molar-refractivity contribution < 1.29 is 13.2 Å². The minimum Gasteiger partial charge on any atom is -0.350 e. The summed E-state index contributed by atoms with van der Waals surface area (Å²) in [5, 5.41) is 2.97. The molecule has 6 heteroatoms. The minimum atomic E-state index is -3.42. The third-order valence-electron chi connectivity index (χ3n) is 4.10. The molecule has 1 aliphatic rings. The van der Waals surface area contributed by atoms with Crippen LogP contribution in [0.4, 0.5) is 0 Å². The van der Waals surface area contributed by atoms with Crippen molar-refractivity contribution in [1.82, 2.24) is 9.62 Å². The number of nitrogens with zero attached hydrogens (tertiary/aromatic N) is 1.